The van der Waals surface area contributed by atoms with E-state index in [0.717, 1.165) is 6.42 Å². The minimum Gasteiger partial charge on any atom is -0.444 e. The third-order valence-corrected chi connectivity index (χ3v) is 5.69. The Morgan fingerprint density at radius 2 is 1.47 bits per heavy atom. The number of ether oxygens (including phenoxy) is 2. The third kappa shape index (κ3) is 11.4. The highest BCUT2D eigenvalue weighted by Crippen LogP contribution is 2.30. The van der Waals surface area contributed by atoms with Crippen LogP contribution in [0.3, 0.4) is 0 Å². The summed E-state index contributed by atoms with van der Waals surface area (Å²) in [6, 6.07) is -0.0489. The average Bonchev–Trinajstić information content (AvgIpc) is 2.95. The van der Waals surface area contributed by atoms with Gasteiger partial charge in [0.2, 0.25) is 0 Å². The van der Waals surface area contributed by atoms with E-state index < -0.39 is 11.3 Å². The molecular weight excluding hydrogens is 374 g/mol. The Morgan fingerprint density at radius 3 is 1.97 bits per heavy atom. The fourth-order valence-electron chi connectivity index (χ4n) is 4.00. The first-order valence-corrected chi connectivity index (χ1v) is 12.5. The summed E-state index contributed by atoms with van der Waals surface area (Å²) in [5.41, 5.74) is -1.13. The van der Waals surface area contributed by atoms with Gasteiger partial charge in [-0.15, -0.1) is 0 Å². The van der Waals surface area contributed by atoms with E-state index in [-0.39, 0.29) is 12.1 Å². The molecule has 0 aromatic rings. The molecule has 0 bridgehead atoms. The van der Waals surface area contributed by atoms with E-state index in [0.29, 0.717) is 6.61 Å². The standard InChI is InChI=1S/C26H49NO3/c1-7-8-9-10-11-12-13-14-15-16-17-18-19-20-21-23-22-29-26(5,6)27(23)24(28)30-25(2,3)4/h20-21,23H,7-19,22H2,1-6H3/b21-20-/t23-/m1/s1. The first-order chi connectivity index (χ1) is 14.2. The van der Waals surface area contributed by atoms with Crippen LogP contribution in [0.5, 0.6) is 0 Å². The molecule has 0 spiro atoms. The average molecular weight is 424 g/mol. The Bertz CT molecular complexity index is 493. The number of carbonyl (C=O) groups excluding carboxylic acids is 1. The molecule has 30 heavy (non-hydrogen) atoms. The van der Waals surface area contributed by atoms with Crippen molar-refractivity contribution in [3.63, 3.8) is 0 Å². The van der Waals surface area contributed by atoms with Crippen LogP contribution >= 0.6 is 0 Å². The van der Waals surface area contributed by atoms with E-state index in [2.05, 4.69) is 19.1 Å². The SMILES string of the molecule is CCCCCCCCCCCCCC/C=C\[C@@H]1COC(C)(C)N1C(=O)OC(C)(C)C. The van der Waals surface area contributed by atoms with Crippen molar-refractivity contribution in [3.05, 3.63) is 12.2 Å². The lowest BCUT2D eigenvalue weighted by Gasteiger charge is -2.34. The van der Waals surface area contributed by atoms with Gasteiger partial charge in [0, 0.05) is 0 Å². The van der Waals surface area contributed by atoms with Crippen molar-refractivity contribution in [2.24, 2.45) is 0 Å². The first-order valence-electron chi connectivity index (χ1n) is 12.5. The summed E-state index contributed by atoms with van der Waals surface area (Å²) in [5, 5.41) is 0. The largest absolute Gasteiger partial charge is 0.444 e. The quantitative estimate of drug-likeness (QED) is 0.210. The van der Waals surface area contributed by atoms with Crippen molar-refractivity contribution in [3.8, 4) is 0 Å². The van der Waals surface area contributed by atoms with Gasteiger partial charge in [-0.2, -0.15) is 0 Å². The monoisotopic (exact) mass is 423 g/mol. The predicted octanol–water partition coefficient (Wildman–Crippen LogP) is 8.01. The summed E-state index contributed by atoms with van der Waals surface area (Å²) in [7, 11) is 0. The topological polar surface area (TPSA) is 38.8 Å². The maximum atomic E-state index is 12.6. The second-order valence-corrected chi connectivity index (χ2v) is 10.3. The van der Waals surface area contributed by atoms with Gasteiger partial charge in [0.1, 0.15) is 11.3 Å². The second kappa shape index (κ2) is 14.1. The molecule has 0 aliphatic carbocycles. The Kier molecular flexibility index (Phi) is 12.7. The first kappa shape index (κ1) is 27.0. The molecule has 1 fully saturated rings. The lowest BCUT2D eigenvalue weighted by molar-refractivity contribution is -0.0610. The molecule has 1 saturated heterocycles. The Labute approximate surface area is 186 Å². The van der Waals surface area contributed by atoms with Crippen LogP contribution in [0, 0.1) is 0 Å². The minimum atomic E-state index is -0.632. The number of allylic oxidation sites excluding steroid dienone is 1. The van der Waals surface area contributed by atoms with E-state index in [4.69, 9.17) is 9.47 Å². The number of amides is 1. The van der Waals surface area contributed by atoms with E-state index >= 15 is 0 Å². The van der Waals surface area contributed by atoms with Gasteiger partial charge in [-0.25, -0.2) is 4.79 Å². The molecule has 4 heteroatoms. The molecule has 1 aliphatic rings. The molecule has 0 unspecified atom stereocenters. The van der Waals surface area contributed by atoms with Crippen LogP contribution in [0.1, 0.15) is 125 Å². The highest BCUT2D eigenvalue weighted by Gasteiger charge is 2.44. The Morgan fingerprint density at radius 1 is 0.967 bits per heavy atom. The molecule has 0 N–H and O–H groups in total. The fraction of sp³-hybridized carbons (Fsp3) is 0.885. The second-order valence-electron chi connectivity index (χ2n) is 10.3. The zero-order chi connectivity index (χ0) is 22.5. The highest BCUT2D eigenvalue weighted by molar-refractivity contribution is 5.70. The van der Waals surface area contributed by atoms with Crippen LogP contribution in [0.15, 0.2) is 12.2 Å². The molecule has 0 saturated carbocycles. The zero-order valence-electron chi connectivity index (χ0n) is 20.8. The van der Waals surface area contributed by atoms with E-state index in [9.17, 15) is 4.79 Å². The van der Waals surface area contributed by atoms with Gasteiger partial charge in [0.15, 0.2) is 0 Å². The predicted molar refractivity (Wildman–Crippen MR) is 127 cm³/mol. The number of hydrogen-bond donors (Lipinski definition) is 0. The lowest BCUT2D eigenvalue weighted by Crippen LogP contribution is -2.49. The third-order valence-electron chi connectivity index (χ3n) is 5.69. The highest BCUT2D eigenvalue weighted by atomic mass is 16.6. The minimum absolute atomic E-state index is 0.0489. The maximum absolute atomic E-state index is 12.6. The molecule has 1 atom stereocenters. The summed E-state index contributed by atoms with van der Waals surface area (Å²) >= 11 is 0. The van der Waals surface area contributed by atoms with E-state index in [1.54, 1.807) is 4.90 Å². The number of hydrogen-bond acceptors (Lipinski definition) is 3. The van der Waals surface area contributed by atoms with Gasteiger partial charge in [0.05, 0.1) is 12.6 Å². The summed E-state index contributed by atoms with van der Waals surface area (Å²) in [5.74, 6) is 0. The molecule has 0 aromatic heterocycles. The van der Waals surface area contributed by atoms with Crippen LogP contribution in [-0.2, 0) is 9.47 Å². The molecule has 0 aromatic carbocycles. The van der Waals surface area contributed by atoms with Crippen LogP contribution in [-0.4, -0.2) is 35.0 Å². The normalized spacial score (nSPS) is 19.0. The summed E-state index contributed by atoms with van der Waals surface area (Å²) in [4.78, 5) is 14.4. The number of carbonyl (C=O) groups is 1. The van der Waals surface area contributed by atoms with Gasteiger partial charge in [-0.05, 0) is 47.5 Å². The van der Waals surface area contributed by atoms with Crippen molar-refractivity contribution < 1.29 is 14.3 Å². The van der Waals surface area contributed by atoms with E-state index in [1.807, 2.05) is 34.6 Å². The molecule has 1 amide bonds. The fourth-order valence-corrected chi connectivity index (χ4v) is 4.00. The molecule has 1 aliphatic heterocycles. The summed E-state index contributed by atoms with van der Waals surface area (Å²) in [6.07, 6.45) is 21.5. The molecular formula is C26H49NO3. The number of unbranched alkanes of at least 4 members (excludes halogenated alkanes) is 12. The van der Waals surface area contributed by atoms with Crippen molar-refractivity contribution >= 4 is 6.09 Å². The molecule has 176 valence electrons. The van der Waals surface area contributed by atoms with Crippen molar-refractivity contribution in [1.82, 2.24) is 4.90 Å². The Hall–Kier alpha value is -1.03. The smallest absolute Gasteiger partial charge is 0.413 e. The van der Waals surface area contributed by atoms with E-state index in [1.165, 1.54) is 77.0 Å². The number of rotatable bonds is 14. The van der Waals surface area contributed by atoms with Gasteiger partial charge >= 0.3 is 6.09 Å². The molecule has 1 rings (SSSR count). The van der Waals surface area contributed by atoms with Crippen molar-refractivity contribution in [2.75, 3.05) is 6.61 Å². The Balaban J connectivity index is 2.16. The summed E-state index contributed by atoms with van der Waals surface area (Å²) in [6.45, 7) is 12.3. The zero-order valence-corrected chi connectivity index (χ0v) is 20.8. The van der Waals surface area contributed by atoms with Crippen LogP contribution < -0.4 is 0 Å². The van der Waals surface area contributed by atoms with Gasteiger partial charge in [-0.3, -0.25) is 4.90 Å². The lowest BCUT2D eigenvalue weighted by atomic mass is 10.0. The number of nitrogens with zero attached hydrogens (tertiary/aromatic N) is 1. The molecule has 4 nitrogen and oxygen atoms in total. The van der Waals surface area contributed by atoms with Crippen LogP contribution in [0.25, 0.3) is 0 Å². The maximum Gasteiger partial charge on any atom is 0.413 e. The summed E-state index contributed by atoms with van der Waals surface area (Å²) < 4.78 is 11.4. The van der Waals surface area contributed by atoms with Gasteiger partial charge < -0.3 is 9.47 Å². The van der Waals surface area contributed by atoms with Gasteiger partial charge in [0.25, 0.3) is 0 Å². The molecule has 1 heterocycles. The van der Waals surface area contributed by atoms with Crippen LogP contribution in [0.2, 0.25) is 0 Å². The van der Waals surface area contributed by atoms with Crippen molar-refractivity contribution in [1.29, 1.82) is 0 Å². The molecule has 0 radical (unpaired) electrons. The van der Waals surface area contributed by atoms with Gasteiger partial charge in [-0.1, -0.05) is 89.7 Å². The van der Waals surface area contributed by atoms with Crippen LogP contribution in [0.4, 0.5) is 4.79 Å². The van der Waals surface area contributed by atoms with Crippen molar-refractivity contribution in [2.45, 2.75) is 142 Å².